The molecule has 2 amide bonds. The predicted octanol–water partition coefficient (Wildman–Crippen LogP) is 5.54. The van der Waals surface area contributed by atoms with E-state index in [1.54, 1.807) is 24.3 Å². The molecule has 226 valence electrons. The Hall–Kier alpha value is -3.85. The van der Waals surface area contributed by atoms with E-state index in [-0.39, 0.29) is 23.0 Å². The van der Waals surface area contributed by atoms with Crippen LogP contribution in [0.25, 0.3) is 0 Å². The SMILES string of the molecule is CC[C@@H](C(=O)NC(C)(C)C)N(Cc1ccc(C)cc1)C(=O)CN(c1cc(C)ccc1OC)S(=O)(=O)c1ccc(C)cc1. The second-order valence-electron chi connectivity index (χ2n) is 11.7. The molecule has 3 rings (SSSR count). The number of benzene rings is 3. The van der Waals surface area contributed by atoms with E-state index in [9.17, 15) is 18.0 Å². The third kappa shape index (κ3) is 8.12. The van der Waals surface area contributed by atoms with Gasteiger partial charge in [0.25, 0.3) is 10.0 Å². The molecule has 0 radical (unpaired) electrons. The van der Waals surface area contributed by atoms with E-state index in [4.69, 9.17) is 4.74 Å². The third-order valence-electron chi connectivity index (χ3n) is 6.85. The average Bonchev–Trinajstić information content (AvgIpc) is 2.91. The van der Waals surface area contributed by atoms with E-state index in [0.717, 1.165) is 26.6 Å². The summed E-state index contributed by atoms with van der Waals surface area (Å²) in [5.74, 6) is -0.496. The summed E-state index contributed by atoms with van der Waals surface area (Å²) in [6.45, 7) is 12.8. The number of hydrogen-bond donors (Lipinski definition) is 1. The van der Waals surface area contributed by atoms with E-state index in [1.807, 2.05) is 78.8 Å². The molecule has 0 bridgehead atoms. The van der Waals surface area contributed by atoms with Gasteiger partial charge < -0.3 is 15.0 Å². The van der Waals surface area contributed by atoms with Crippen LogP contribution < -0.4 is 14.4 Å². The zero-order chi connectivity index (χ0) is 31.2. The Bertz CT molecular complexity index is 1490. The quantitative estimate of drug-likeness (QED) is 0.315. The van der Waals surface area contributed by atoms with Gasteiger partial charge in [0.2, 0.25) is 11.8 Å². The Labute approximate surface area is 250 Å². The minimum atomic E-state index is -4.20. The number of ether oxygens (including phenoxy) is 1. The van der Waals surface area contributed by atoms with Crippen molar-refractivity contribution in [2.75, 3.05) is 18.0 Å². The molecule has 0 aliphatic heterocycles. The van der Waals surface area contributed by atoms with Crippen LogP contribution in [0.5, 0.6) is 5.75 Å². The number of rotatable bonds is 11. The van der Waals surface area contributed by atoms with Crippen LogP contribution in [0.3, 0.4) is 0 Å². The lowest BCUT2D eigenvalue weighted by Gasteiger charge is -2.35. The van der Waals surface area contributed by atoms with Gasteiger partial charge in [-0.15, -0.1) is 0 Å². The standard InChI is InChI=1S/C33H43N3O5S/c1-9-28(32(38)34-33(5,6)7)35(21-26-15-10-23(2)11-16-26)31(37)22-36(29-20-25(4)14-19-30(29)41-8)42(39,40)27-17-12-24(3)13-18-27/h10-20,28H,9,21-22H2,1-8H3,(H,34,38)/t28-/m0/s1. The highest BCUT2D eigenvalue weighted by atomic mass is 32.2. The molecule has 0 heterocycles. The molecular weight excluding hydrogens is 550 g/mol. The first-order valence-electron chi connectivity index (χ1n) is 14.1. The molecule has 9 heteroatoms. The number of amides is 2. The number of carbonyl (C=O) groups is 2. The van der Waals surface area contributed by atoms with Crippen molar-refractivity contribution in [3.8, 4) is 5.75 Å². The zero-order valence-electron chi connectivity index (χ0n) is 25.9. The topological polar surface area (TPSA) is 96.0 Å². The Morgan fingerprint density at radius 3 is 1.95 bits per heavy atom. The Morgan fingerprint density at radius 1 is 0.881 bits per heavy atom. The lowest BCUT2D eigenvalue weighted by atomic mass is 10.1. The summed E-state index contributed by atoms with van der Waals surface area (Å²) < 4.78 is 34.9. The van der Waals surface area contributed by atoms with Gasteiger partial charge >= 0.3 is 0 Å². The number of carbonyl (C=O) groups excluding carboxylic acids is 2. The fourth-order valence-electron chi connectivity index (χ4n) is 4.61. The summed E-state index contributed by atoms with van der Waals surface area (Å²) in [6, 6.07) is 18.6. The molecule has 1 N–H and O–H groups in total. The van der Waals surface area contributed by atoms with Gasteiger partial charge in [-0.25, -0.2) is 8.42 Å². The molecule has 0 unspecified atom stereocenters. The van der Waals surface area contributed by atoms with Crippen LogP contribution in [-0.4, -0.2) is 50.4 Å². The van der Waals surface area contributed by atoms with Crippen molar-refractivity contribution in [2.45, 2.75) is 77.9 Å². The molecule has 0 aliphatic rings. The van der Waals surface area contributed by atoms with E-state index in [2.05, 4.69) is 5.32 Å². The van der Waals surface area contributed by atoms with E-state index >= 15 is 0 Å². The third-order valence-corrected chi connectivity index (χ3v) is 8.62. The van der Waals surface area contributed by atoms with Crippen LogP contribution in [0.15, 0.2) is 71.6 Å². The molecule has 0 saturated heterocycles. The Kier molecular flexibility index (Phi) is 10.4. The molecule has 1 atom stereocenters. The molecule has 3 aromatic carbocycles. The number of anilines is 1. The summed E-state index contributed by atoms with van der Waals surface area (Å²) in [6.07, 6.45) is 0.345. The highest BCUT2D eigenvalue weighted by molar-refractivity contribution is 7.92. The molecule has 0 aliphatic carbocycles. The van der Waals surface area contributed by atoms with E-state index in [1.165, 1.54) is 24.1 Å². The smallest absolute Gasteiger partial charge is 0.264 e. The van der Waals surface area contributed by atoms with Crippen LogP contribution in [0.4, 0.5) is 5.69 Å². The zero-order valence-corrected chi connectivity index (χ0v) is 26.7. The lowest BCUT2D eigenvalue weighted by molar-refractivity contribution is -0.141. The number of sulfonamides is 1. The van der Waals surface area contributed by atoms with Crippen LogP contribution in [0.1, 0.15) is 56.4 Å². The highest BCUT2D eigenvalue weighted by Gasteiger charge is 2.35. The first kappa shape index (κ1) is 32.7. The van der Waals surface area contributed by atoms with Crippen LogP contribution in [0, 0.1) is 20.8 Å². The molecular formula is C33H43N3O5S. The lowest BCUT2D eigenvalue weighted by Crippen LogP contribution is -2.55. The molecule has 3 aromatic rings. The van der Waals surface area contributed by atoms with Gasteiger partial charge in [-0.05, 0) is 83.4 Å². The van der Waals surface area contributed by atoms with Crippen molar-refractivity contribution in [1.29, 1.82) is 0 Å². The Morgan fingerprint density at radius 2 is 1.43 bits per heavy atom. The summed E-state index contributed by atoms with van der Waals surface area (Å²) in [5, 5.41) is 2.99. The van der Waals surface area contributed by atoms with Crippen molar-refractivity contribution in [1.82, 2.24) is 10.2 Å². The van der Waals surface area contributed by atoms with E-state index in [0.29, 0.717) is 12.2 Å². The maximum atomic E-state index is 14.3. The first-order chi connectivity index (χ1) is 19.7. The van der Waals surface area contributed by atoms with Crippen LogP contribution >= 0.6 is 0 Å². The summed E-state index contributed by atoms with van der Waals surface area (Å²) in [4.78, 5) is 29.3. The van der Waals surface area contributed by atoms with Gasteiger partial charge in [0.1, 0.15) is 18.3 Å². The second kappa shape index (κ2) is 13.4. The van der Waals surface area contributed by atoms with Gasteiger partial charge in [0, 0.05) is 12.1 Å². The maximum absolute atomic E-state index is 14.3. The minimum absolute atomic E-state index is 0.0482. The van der Waals surface area contributed by atoms with Crippen molar-refractivity contribution < 1.29 is 22.7 Å². The first-order valence-corrected chi connectivity index (χ1v) is 15.5. The number of nitrogens with zero attached hydrogens (tertiary/aromatic N) is 2. The van der Waals surface area contributed by atoms with Gasteiger partial charge in [-0.1, -0.05) is 60.5 Å². The molecule has 8 nitrogen and oxygen atoms in total. The molecule has 0 spiro atoms. The summed E-state index contributed by atoms with van der Waals surface area (Å²) in [5.41, 5.74) is 3.33. The predicted molar refractivity (Wildman–Crippen MR) is 167 cm³/mol. The molecule has 0 fully saturated rings. The highest BCUT2D eigenvalue weighted by Crippen LogP contribution is 2.34. The van der Waals surface area contributed by atoms with Crippen molar-refractivity contribution in [3.05, 3.63) is 89.0 Å². The van der Waals surface area contributed by atoms with Crippen LogP contribution in [0.2, 0.25) is 0 Å². The fraction of sp³-hybridized carbons (Fsp3) is 0.394. The largest absolute Gasteiger partial charge is 0.495 e. The molecule has 0 saturated carbocycles. The van der Waals surface area contributed by atoms with Gasteiger partial charge in [0.05, 0.1) is 17.7 Å². The summed E-state index contributed by atoms with van der Waals surface area (Å²) >= 11 is 0. The second-order valence-corrected chi connectivity index (χ2v) is 13.5. The van der Waals surface area contributed by atoms with Gasteiger partial charge in [-0.2, -0.15) is 0 Å². The fourth-order valence-corrected chi connectivity index (χ4v) is 6.02. The minimum Gasteiger partial charge on any atom is -0.495 e. The number of aryl methyl sites for hydroxylation is 3. The van der Waals surface area contributed by atoms with Gasteiger partial charge in [-0.3, -0.25) is 13.9 Å². The van der Waals surface area contributed by atoms with Gasteiger partial charge in [0.15, 0.2) is 0 Å². The average molecular weight is 594 g/mol. The number of hydrogen-bond acceptors (Lipinski definition) is 5. The van der Waals surface area contributed by atoms with Crippen molar-refractivity contribution in [3.63, 3.8) is 0 Å². The number of methoxy groups -OCH3 is 1. The van der Waals surface area contributed by atoms with Crippen molar-refractivity contribution in [2.24, 2.45) is 0 Å². The normalized spacial score (nSPS) is 12.4. The monoisotopic (exact) mass is 593 g/mol. The maximum Gasteiger partial charge on any atom is 0.264 e. The summed E-state index contributed by atoms with van der Waals surface area (Å²) in [7, 11) is -2.74. The number of nitrogens with one attached hydrogen (secondary N) is 1. The van der Waals surface area contributed by atoms with Crippen LogP contribution in [-0.2, 0) is 26.2 Å². The molecule has 0 aromatic heterocycles. The van der Waals surface area contributed by atoms with Crippen molar-refractivity contribution >= 4 is 27.5 Å². The van der Waals surface area contributed by atoms with E-state index < -0.39 is 34.1 Å². The Balaban J connectivity index is 2.14. The molecule has 42 heavy (non-hydrogen) atoms.